The molecule has 0 spiro atoms. The average Bonchev–Trinajstić information content (AvgIpc) is 2.94. The van der Waals surface area contributed by atoms with Gasteiger partial charge in [0, 0.05) is 11.2 Å². The van der Waals surface area contributed by atoms with Crippen molar-refractivity contribution in [2.24, 2.45) is 4.99 Å². The summed E-state index contributed by atoms with van der Waals surface area (Å²) in [5, 5.41) is 20.5. The number of sulfone groups is 1. The molecule has 1 aromatic carbocycles. The van der Waals surface area contributed by atoms with Crippen LogP contribution >= 0.6 is 11.6 Å². The third-order valence-electron chi connectivity index (χ3n) is 4.52. The molecule has 1 atom stereocenters. The first-order valence-electron chi connectivity index (χ1n) is 8.11. The Morgan fingerprint density at radius 1 is 1.44 bits per heavy atom. The van der Waals surface area contributed by atoms with Gasteiger partial charge in [-0.2, -0.15) is 5.26 Å². The van der Waals surface area contributed by atoms with E-state index in [1.54, 1.807) is 24.3 Å². The van der Waals surface area contributed by atoms with E-state index in [4.69, 9.17) is 11.6 Å². The quantitative estimate of drug-likeness (QED) is 0.788. The number of hydrogen-bond donors (Lipinski definition) is 1. The number of aromatic hydroxyl groups is 1. The molecule has 1 aliphatic rings. The Kier molecular flexibility index (Phi) is 5.09. The van der Waals surface area contributed by atoms with Crippen molar-refractivity contribution in [1.29, 1.82) is 5.26 Å². The molecule has 27 heavy (non-hydrogen) atoms. The van der Waals surface area contributed by atoms with Gasteiger partial charge in [0.25, 0.3) is 5.56 Å². The van der Waals surface area contributed by atoms with Crippen LogP contribution in [0, 0.1) is 18.3 Å². The molecule has 1 unspecified atom stereocenters. The minimum atomic E-state index is -3.28. The molecule has 1 N–H and O–H groups in total. The second kappa shape index (κ2) is 7.18. The number of aliphatic imine (C=N–C) groups is 1. The van der Waals surface area contributed by atoms with Crippen LogP contribution in [-0.4, -0.2) is 35.8 Å². The number of hydrogen-bond acceptors (Lipinski definition) is 6. The number of rotatable bonds is 3. The fraction of sp³-hybridized carbons (Fsp3) is 0.278. The standard InChI is InChI=1S/C18H16ClN3O4S/c1-11-15(8-20)17(23)22(14-5-6-27(25,26)10-14)18(24)16(11)9-21-13-4-2-3-12(19)7-13/h2-4,7,9,14,24H,5-6,10H2,1H3. The minimum absolute atomic E-state index is 0.0642. The molecule has 0 aliphatic carbocycles. The predicted molar refractivity (Wildman–Crippen MR) is 103 cm³/mol. The third-order valence-corrected chi connectivity index (χ3v) is 6.50. The SMILES string of the molecule is Cc1c(C=Nc2cccc(Cl)c2)c(O)n(C2CCS(=O)(=O)C2)c(=O)c1C#N. The Balaban J connectivity index is 2.16. The smallest absolute Gasteiger partial charge is 0.271 e. The molecule has 2 heterocycles. The Morgan fingerprint density at radius 2 is 2.19 bits per heavy atom. The fourth-order valence-electron chi connectivity index (χ4n) is 3.11. The third kappa shape index (κ3) is 3.75. The molecular formula is C18H16ClN3O4S. The van der Waals surface area contributed by atoms with E-state index in [9.17, 15) is 23.6 Å². The molecule has 1 aliphatic heterocycles. The normalized spacial score (nSPS) is 18.6. The van der Waals surface area contributed by atoms with Crippen molar-refractivity contribution in [2.75, 3.05) is 11.5 Å². The van der Waals surface area contributed by atoms with Crippen LogP contribution in [-0.2, 0) is 9.84 Å². The lowest BCUT2D eigenvalue weighted by molar-refractivity contribution is 0.379. The summed E-state index contributed by atoms with van der Waals surface area (Å²) in [7, 11) is -3.28. The first-order chi connectivity index (χ1) is 12.7. The molecule has 1 aromatic heterocycles. The summed E-state index contributed by atoms with van der Waals surface area (Å²) in [4.78, 5) is 16.9. The van der Waals surface area contributed by atoms with Crippen LogP contribution < -0.4 is 5.56 Å². The van der Waals surface area contributed by atoms with Crippen molar-refractivity contribution in [1.82, 2.24) is 4.57 Å². The Hall–Kier alpha value is -2.63. The van der Waals surface area contributed by atoms with Crippen LogP contribution in [0.3, 0.4) is 0 Å². The average molecular weight is 406 g/mol. The summed E-state index contributed by atoms with van der Waals surface area (Å²) in [6.07, 6.45) is 1.55. The number of halogens is 1. The maximum absolute atomic E-state index is 12.6. The lowest BCUT2D eigenvalue weighted by atomic mass is 10.0. The summed E-state index contributed by atoms with van der Waals surface area (Å²) < 4.78 is 24.6. The Bertz CT molecular complexity index is 1150. The summed E-state index contributed by atoms with van der Waals surface area (Å²) in [5.41, 5.74) is 0.151. The minimum Gasteiger partial charge on any atom is -0.494 e. The molecule has 9 heteroatoms. The first-order valence-corrected chi connectivity index (χ1v) is 10.3. The monoisotopic (exact) mass is 405 g/mol. The number of pyridine rings is 1. The summed E-state index contributed by atoms with van der Waals surface area (Å²) in [6.45, 7) is 1.54. The van der Waals surface area contributed by atoms with E-state index >= 15 is 0 Å². The molecule has 0 saturated carbocycles. The highest BCUT2D eigenvalue weighted by Gasteiger charge is 2.33. The maximum Gasteiger partial charge on any atom is 0.271 e. The van der Waals surface area contributed by atoms with Gasteiger partial charge in [0.15, 0.2) is 9.84 Å². The van der Waals surface area contributed by atoms with Crippen molar-refractivity contribution in [3.05, 3.63) is 56.3 Å². The first kappa shape index (κ1) is 19.1. The van der Waals surface area contributed by atoms with Crippen LogP contribution in [0.2, 0.25) is 5.02 Å². The van der Waals surface area contributed by atoms with Crippen LogP contribution in [0.5, 0.6) is 5.88 Å². The van der Waals surface area contributed by atoms with Crippen LogP contribution in [0.25, 0.3) is 0 Å². The highest BCUT2D eigenvalue weighted by atomic mass is 35.5. The van der Waals surface area contributed by atoms with Crippen LogP contribution in [0.15, 0.2) is 34.1 Å². The zero-order chi connectivity index (χ0) is 19.8. The number of nitriles is 1. The second-order valence-corrected chi connectivity index (χ2v) is 8.98. The molecule has 0 radical (unpaired) electrons. The predicted octanol–water partition coefficient (Wildman–Crippen LogP) is 2.50. The summed E-state index contributed by atoms with van der Waals surface area (Å²) >= 11 is 5.93. The van der Waals surface area contributed by atoms with Crippen molar-refractivity contribution in [3.63, 3.8) is 0 Å². The Labute approximate surface area is 161 Å². The van der Waals surface area contributed by atoms with E-state index in [1.807, 2.05) is 6.07 Å². The molecule has 140 valence electrons. The maximum atomic E-state index is 12.6. The zero-order valence-corrected chi connectivity index (χ0v) is 16.0. The molecule has 1 fully saturated rings. The molecule has 7 nitrogen and oxygen atoms in total. The number of benzene rings is 1. The summed E-state index contributed by atoms with van der Waals surface area (Å²) in [6, 6.07) is 7.87. The molecule has 0 bridgehead atoms. The van der Waals surface area contributed by atoms with E-state index < -0.39 is 27.3 Å². The largest absolute Gasteiger partial charge is 0.494 e. The van der Waals surface area contributed by atoms with Crippen LogP contribution in [0.1, 0.15) is 29.2 Å². The van der Waals surface area contributed by atoms with E-state index in [2.05, 4.69) is 4.99 Å². The molecule has 1 saturated heterocycles. The summed E-state index contributed by atoms with van der Waals surface area (Å²) in [5.74, 6) is -0.714. The van der Waals surface area contributed by atoms with Crippen LogP contribution in [0.4, 0.5) is 5.69 Å². The van der Waals surface area contributed by atoms with Crippen molar-refractivity contribution >= 4 is 33.3 Å². The van der Waals surface area contributed by atoms with Gasteiger partial charge in [-0.25, -0.2) is 8.42 Å². The highest BCUT2D eigenvalue weighted by molar-refractivity contribution is 7.91. The van der Waals surface area contributed by atoms with E-state index in [0.717, 1.165) is 4.57 Å². The second-order valence-electron chi connectivity index (χ2n) is 6.32. The van der Waals surface area contributed by atoms with Gasteiger partial charge in [-0.3, -0.25) is 14.4 Å². The van der Waals surface area contributed by atoms with Gasteiger partial charge in [0.05, 0.1) is 28.8 Å². The molecule has 3 rings (SSSR count). The van der Waals surface area contributed by atoms with Gasteiger partial charge in [0.1, 0.15) is 11.6 Å². The van der Waals surface area contributed by atoms with E-state index in [1.165, 1.54) is 13.1 Å². The van der Waals surface area contributed by atoms with Gasteiger partial charge < -0.3 is 5.11 Å². The van der Waals surface area contributed by atoms with E-state index in [-0.39, 0.29) is 34.6 Å². The molecule has 2 aromatic rings. The molecule has 0 amide bonds. The van der Waals surface area contributed by atoms with Gasteiger partial charge in [-0.05, 0) is 37.1 Å². The van der Waals surface area contributed by atoms with Crippen molar-refractivity contribution in [2.45, 2.75) is 19.4 Å². The topological polar surface area (TPSA) is 113 Å². The van der Waals surface area contributed by atoms with Gasteiger partial charge in [-0.15, -0.1) is 0 Å². The van der Waals surface area contributed by atoms with Gasteiger partial charge >= 0.3 is 0 Å². The number of nitrogens with zero attached hydrogens (tertiary/aromatic N) is 3. The van der Waals surface area contributed by atoms with Crippen molar-refractivity contribution in [3.8, 4) is 11.9 Å². The van der Waals surface area contributed by atoms with Gasteiger partial charge in [-0.1, -0.05) is 17.7 Å². The lowest BCUT2D eigenvalue weighted by Gasteiger charge is -2.18. The Morgan fingerprint density at radius 3 is 2.78 bits per heavy atom. The molecular weight excluding hydrogens is 390 g/mol. The number of aromatic nitrogens is 1. The van der Waals surface area contributed by atoms with Gasteiger partial charge in [0.2, 0.25) is 5.88 Å². The zero-order valence-electron chi connectivity index (χ0n) is 14.4. The van der Waals surface area contributed by atoms with Crippen molar-refractivity contribution < 1.29 is 13.5 Å². The lowest BCUT2D eigenvalue weighted by Crippen LogP contribution is -2.29. The van der Waals surface area contributed by atoms with E-state index in [0.29, 0.717) is 10.7 Å². The fourth-order valence-corrected chi connectivity index (χ4v) is 4.99. The highest BCUT2D eigenvalue weighted by Crippen LogP contribution is 2.30.